The summed E-state index contributed by atoms with van der Waals surface area (Å²) in [6.45, 7) is 7.93. The van der Waals surface area contributed by atoms with Crippen molar-refractivity contribution in [3.63, 3.8) is 0 Å². The molecule has 1 aliphatic rings. The molecule has 1 N–H and O–H groups in total. The molecular weight excluding hydrogens is 256 g/mol. The zero-order valence-electron chi connectivity index (χ0n) is 14.0. The average Bonchev–Trinajstić information content (AvgIpc) is 2.97. The Hall–Kier alpha value is -0.860. The number of hydrogen-bond acceptors (Lipinski definition) is 2. The van der Waals surface area contributed by atoms with Crippen molar-refractivity contribution >= 4 is 0 Å². The molecule has 0 heterocycles. The van der Waals surface area contributed by atoms with E-state index in [1.807, 2.05) is 0 Å². The lowest BCUT2D eigenvalue weighted by Crippen LogP contribution is -2.37. The van der Waals surface area contributed by atoms with Gasteiger partial charge in [0, 0.05) is 19.1 Å². The van der Waals surface area contributed by atoms with Crippen molar-refractivity contribution in [1.29, 1.82) is 0 Å². The summed E-state index contributed by atoms with van der Waals surface area (Å²) in [5.74, 6) is 1.62. The molecule has 1 aromatic rings. The van der Waals surface area contributed by atoms with Crippen LogP contribution in [0.15, 0.2) is 30.3 Å². The SMILES string of the molecule is CC(C)CNCC(c1ccccc1)N(C)CC1CCCC1. The van der Waals surface area contributed by atoms with Gasteiger partial charge in [0.1, 0.15) is 0 Å². The minimum absolute atomic E-state index is 0.491. The maximum atomic E-state index is 3.65. The van der Waals surface area contributed by atoms with E-state index in [-0.39, 0.29) is 0 Å². The molecule has 1 saturated carbocycles. The van der Waals surface area contributed by atoms with Crippen molar-refractivity contribution in [2.75, 3.05) is 26.7 Å². The summed E-state index contributed by atoms with van der Waals surface area (Å²) in [6.07, 6.45) is 5.71. The molecule has 1 aromatic carbocycles. The second kappa shape index (κ2) is 8.55. The molecule has 0 amide bonds. The van der Waals surface area contributed by atoms with Crippen LogP contribution in [-0.2, 0) is 0 Å². The Kier molecular flexibility index (Phi) is 6.72. The van der Waals surface area contributed by atoms with Crippen LogP contribution in [0.25, 0.3) is 0 Å². The van der Waals surface area contributed by atoms with E-state index in [0.717, 1.165) is 19.0 Å². The van der Waals surface area contributed by atoms with Gasteiger partial charge in [-0.2, -0.15) is 0 Å². The van der Waals surface area contributed by atoms with E-state index in [4.69, 9.17) is 0 Å². The van der Waals surface area contributed by atoms with Crippen molar-refractivity contribution < 1.29 is 0 Å². The molecule has 0 aromatic heterocycles. The minimum Gasteiger partial charge on any atom is -0.315 e. The van der Waals surface area contributed by atoms with Crippen molar-refractivity contribution in [3.8, 4) is 0 Å². The Morgan fingerprint density at radius 2 is 1.76 bits per heavy atom. The fourth-order valence-corrected chi connectivity index (χ4v) is 3.44. The van der Waals surface area contributed by atoms with Gasteiger partial charge < -0.3 is 5.32 Å². The van der Waals surface area contributed by atoms with Crippen molar-refractivity contribution in [3.05, 3.63) is 35.9 Å². The fraction of sp³-hybridized carbons (Fsp3) is 0.684. The van der Waals surface area contributed by atoms with Gasteiger partial charge in [0.2, 0.25) is 0 Å². The fourth-order valence-electron chi connectivity index (χ4n) is 3.44. The zero-order chi connectivity index (χ0) is 15.1. The first-order valence-electron chi connectivity index (χ1n) is 8.62. The average molecular weight is 288 g/mol. The Morgan fingerprint density at radius 3 is 2.38 bits per heavy atom. The van der Waals surface area contributed by atoms with Crippen LogP contribution in [0.3, 0.4) is 0 Å². The third-order valence-electron chi connectivity index (χ3n) is 4.63. The molecule has 21 heavy (non-hydrogen) atoms. The Balaban J connectivity index is 1.96. The highest BCUT2D eigenvalue weighted by molar-refractivity contribution is 5.19. The topological polar surface area (TPSA) is 15.3 Å². The maximum absolute atomic E-state index is 3.65. The van der Waals surface area contributed by atoms with Gasteiger partial charge in [0.25, 0.3) is 0 Å². The van der Waals surface area contributed by atoms with Gasteiger partial charge in [-0.3, -0.25) is 4.90 Å². The van der Waals surface area contributed by atoms with Crippen LogP contribution in [-0.4, -0.2) is 31.6 Å². The van der Waals surface area contributed by atoms with Gasteiger partial charge in [-0.1, -0.05) is 57.0 Å². The smallest absolute Gasteiger partial charge is 0.0469 e. The Morgan fingerprint density at radius 1 is 1.10 bits per heavy atom. The molecule has 0 bridgehead atoms. The quantitative estimate of drug-likeness (QED) is 0.775. The molecule has 118 valence electrons. The number of likely N-dealkylation sites (N-methyl/N-ethyl adjacent to an activating group) is 1. The van der Waals surface area contributed by atoms with Crippen LogP contribution in [0.4, 0.5) is 0 Å². The summed E-state index contributed by atoms with van der Waals surface area (Å²) in [5.41, 5.74) is 1.44. The van der Waals surface area contributed by atoms with E-state index in [2.05, 4.69) is 61.4 Å². The van der Waals surface area contributed by atoms with E-state index in [0.29, 0.717) is 12.0 Å². The van der Waals surface area contributed by atoms with E-state index in [1.165, 1.54) is 37.8 Å². The zero-order valence-corrected chi connectivity index (χ0v) is 14.0. The van der Waals surface area contributed by atoms with Crippen LogP contribution in [0.5, 0.6) is 0 Å². The second-order valence-electron chi connectivity index (χ2n) is 7.07. The molecular formula is C19H32N2. The number of hydrogen-bond donors (Lipinski definition) is 1. The molecule has 0 aliphatic heterocycles. The van der Waals surface area contributed by atoms with Gasteiger partial charge in [-0.15, -0.1) is 0 Å². The molecule has 0 radical (unpaired) electrons. The second-order valence-corrected chi connectivity index (χ2v) is 7.07. The molecule has 2 nitrogen and oxygen atoms in total. The molecule has 0 saturated heterocycles. The summed E-state index contributed by atoms with van der Waals surface area (Å²) in [6, 6.07) is 11.5. The van der Waals surface area contributed by atoms with Gasteiger partial charge in [0.05, 0.1) is 0 Å². The normalized spacial score (nSPS) is 17.8. The standard InChI is InChI=1S/C19H32N2/c1-16(2)13-20-14-19(18-11-5-4-6-12-18)21(3)15-17-9-7-8-10-17/h4-6,11-12,16-17,19-20H,7-10,13-15H2,1-3H3. The lowest BCUT2D eigenvalue weighted by Gasteiger charge is -2.31. The maximum Gasteiger partial charge on any atom is 0.0469 e. The minimum atomic E-state index is 0.491. The predicted octanol–water partition coefficient (Wildman–Crippen LogP) is 4.10. The largest absolute Gasteiger partial charge is 0.315 e. The van der Waals surface area contributed by atoms with E-state index >= 15 is 0 Å². The van der Waals surface area contributed by atoms with Gasteiger partial charge in [-0.25, -0.2) is 0 Å². The molecule has 1 aliphatic carbocycles. The van der Waals surface area contributed by atoms with Crippen LogP contribution < -0.4 is 5.32 Å². The van der Waals surface area contributed by atoms with Crippen LogP contribution in [0, 0.1) is 11.8 Å². The summed E-state index contributed by atoms with van der Waals surface area (Å²) in [4.78, 5) is 2.57. The first-order valence-corrected chi connectivity index (χ1v) is 8.62. The molecule has 1 atom stereocenters. The summed E-state index contributed by atoms with van der Waals surface area (Å²) < 4.78 is 0. The van der Waals surface area contributed by atoms with Gasteiger partial charge in [-0.05, 0) is 43.8 Å². The number of nitrogens with zero attached hydrogens (tertiary/aromatic N) is 1. The molecule has 0 spiro atoms. The third-order valence-corrected chi connectivity index (χ3v) is 4.63. The molecule has 2 heteroatoms. The number of rotatable bonds is 8. The van der Waals surface area contributed by atoms with E-state index in [9.17, 15) is 0 Å². The van der Waals surface area contributed by atoms with Gasteiger partial charge >= 0.3 is 0 Å². The lowest BCUT2D eigenvalue weighted by atomic mass is 10.0. The van der Waals surface area contributed by atoms with Crippen molar-refractivity contribution in [2.24, 2.45) is 11.8 Å². The summed E-state index contributed by atoms with van der Waals surface area (Å²) in [7, 11) is 2.30. The van der Waals surface area contributed by atoms with E-state index < -0.39 is 0 Å². The highest BCUT2D eigenvalue weighted by Crippen LogP contribution is 2.28. The van der Waals surface area contributed by atoms with Crippen molar-refractivity contribution in [2.45, 2.75) is 45.6 Å². The highest BCUT2D eigenvalue weighted by atomic mass is 15.2. The summed E-state index contributed by atoms with van der Waals surface area (Å²) >= 11 is 0. The Labute approximate surface area is 130 Å². The predicted molar refractivity (Wildman–Crippen MR) is 91.5 cm³/mol. The molecule has 1 fully saturated rings. The van der Waals surface area contributed by atoms with E-state index in [1.54, 1.807) is 0 Å². The molecule has 2 rings (SSSR count). The monoisotopic (exact) mass is 288 g/mol. The Bertz CT molecular complexity index is 382. The summed E-state index contributed by atoms with van der Waals surface area (Å²) in [5, 5.41) is 3.65. The van der Waals surface area contributed by atoms with Crippen LogP contribution in [0.2, 0.25) is 0 Å². The first-order chi connectivity index (χ1) is 10.2. The van der Waals surface area contributed by atoms with Crippen LogP contribution >= 0.6 is 0 Å². The number of benzene rings is 1. The first kappa shape index (κ1) is 16.5. The highest BCUT2D eigenvalue weighted by Gasteiger charge is 2.22. The number of nitrogens with one attached hydrogen (secondary N) is 1. The molecule has 1 unspecified atom stereocenters. The lowest BCUT2D eigenvalue weighted by molar-refractivity contribution is 0.202. The van der Waals surface area contributed by atoms with Crippen molar-refractivity contribution in [1.82, 2.24) is 10.2 Å². The third kappa shape index (κ3) is 5.44. The van der Waals surface area contributed by atoms with Gasteiger partial charge in [0.15, 0.2) is 0 Å². The van der Waals surface area contributed by atoms with Crippen LogP contribution in [0.1, 0.15) is 51.1 Å².